The van der Waals surface area contributed by atoms with Crippen molar-refractivity contribution in [3.05, 3.63) is 34.9 Å². The minimum Gasteiger partial charge on any atom is -0.480 e. The maximum Gasteiger partial charge on any atom is 0.320 e. The largest absolute Gasteiger partial charge is 0.480 e. The van der Waals surface area contributed by atoms with Gasteiger partial charge in [0.15, 0.2) is 0 Å². The van der Waals surface area contributed by atoms with E-state index in [-0.39, 0.29) is 18.4 Å². The monoisotopic (exact) mass is 326 g/mol. The van der Waals surface area contributed by atoms with Crippen molar-refractivity contribution in [3.8, 4) is 0 Å². The lowest BCUT2D eigenvalue weighted by atomic mass is 9.99. The fraction of sp³-hybridized carbons (Fsp3) is 0.500. The van der Waals surface area contributed by atoms with Crippen LogP contribution in [-0.4, -0.2) is 36.1 Å². The highest BCUT2D eigenvalue weighted by atomic mass is 35.5. The predicted octanol–water partition coefficient (Wildman–Crippen LogP) is 2.09. The lowest BCUT2D eigenvalue weighted by molar-refractivity contribution is -0.140. The van der Waals surface area contributed by atoms with Gasteiger partial charge < -0.3 is 10.4 Å². The Morgan fingerprint density at radius 2 is 1.91 bits per heavy atom. The minimum atomic E-state index is -0.927. The van der Waals surface area contributed by atoms with Crippen LogP contribution in [0.2, 0.25) is 5.02 Å². The second-order valence-electron chi connectivity index (χ2n) is 5.31. The highest BCUT2D eigenvalue weighted by Crippen LogP contribution is 2.09. The zero-order valence-electron chi connectivity index (χ0n) is 12.9. The smallest absolute Gasteiger partial charge is 0.320 e. The molecule has 0 radical (unpaired) electrons. The van der Waals surface area contributed by atoms with Crippen LogP contribution >= 0.6 is 11.6 Å². The van der Waals surface area contributed by atoms with Crippen molar-refractivity contribution in [1.29, 1.82) is 0 Å². The van der Waals surface area contributed by atoms with E-state index < -0.39 is 12.0 Å². The summed E-state index contributed by atoms with van der Waals surface area (Å²) in [5.74, 6) is -1.16. The number of carbonyl (C=O) groups is 2. The van der Waals surface area contributed by atoms with Crippen LogP contribution in [0, 0.1) is 5.92 Å². The van der Waals surface area contributed by atoms with Crippen molar-refractivity contribution < 1.29 is 14.7 Å². The first kappa shape index (κ1) is 18.5. The van der Waals surface area contributed by atoms with Gasteiger partial charge in [0.05, 0.1) is 6.54 Å². The molecule has 0 saturated carbocycles. The molecule has 6 heteroatoms. The van der Waals surface area contributed by atoms with Crippen LogP contribution in [0.3, 0.4) is 0 Å². The number of carboxylic acids is 1. The Kier molecular flexibility index (Phi) is 7.91. The van der Waals surface area contributed by atoms with Gasteiger partial charge in [0, 0.05) is 11.6 Å². The third-order valence-corrected chi connectivity index (χ3v) is 3.86. The Balaban J connectivity index is 2.30. The molecule has 3 N–H and O–H groups in total. The molecule has 0 unspecified atom stereocenters. The molecule has 0 aliphatic heterocycles. The molecular formula is C16H23ClN2O3. The molecule has 1 amide bonds. The molecule has 122 valence electrons. The molecule has 0 aromatic heterocycles. The first-order chi connectivity index (χ1) is 10.4. The molecule has 0 saturated heterocycles. The van der Waals surface area contributed by atoms with Gasteiger partial charge in [-0.25, -0.2) is 0 Å². The summed E-state index contributed by atoms with van der Waals surface area (Å²) in [7, 11) is 0. The summed E-state index contributed by atoms with van der Waals surface area (Å²) < 4.78 is 0. The van der Waals surface area contributed by atoms with E-state index in [9.17, 15) is 9.59 Å². The van der Waals surface area contributed by atoms with E-state index >= 15 is 0 Å². The number of aliphatic carboxylic acids is 1. The van der Waals surface area contributed by atoms with Gasteiger partial charge in [0.1, 0.15) is 6.04 Å². The van der Waals surface area contributed by atoms with Gasteiger partial charge in [-0.1, -0.05) is 44.0 Å². The van der Waals surface area contributed by atoms with E-state index in [0.717, 1.165) is 12.0 Å². The third kappa shape index (κ3) is 6.45. The molecular weight excluding hydrogens is 304 g/mol. The van der Waals surface area contributed by atoms with Gasteiger partial charge in [-0.15, -0.1) is 0 Å². The average molecular weight is 327 g/mol. The Morgan fingerprint density at radius 3 is 2.45 bits per heavy atom. The molecule has 1 rings (SSSR count). The Hall–Kier alpha value is -1.59. The Labute approximate surface area is 136 Å². The van der Waals surface area contributed by atoms with E-state index in [2.05, 4.69) is 10.6 Å². The minimum absolute atomic E-state index is 0.00191. The fourth-order valence-corrected chi connectivity index (χ4v) is 2.16. The number of nitrogens with one attached hydrogen (secondary N) is 2. The number of benzene rings is 1. The topological polar surface area (TPSA) is 78.4 Å². The number of halogens is 1. The molecule has 0 spiro atoms. The van der Waals surface area contributed by atoms with Crippen LogP contribution in [0.1, 0.15) is 25.8 Å². The van der Waals surface area contributed by atoms with E-state index in [0.29, 0.717) is 18.0 Å². The van der Waals surface area contributed by atoms with Crippen molar-refractivity contribution in [2.24, 2.45) is 5.92 Å². The number of hydrogen-bond donors (Lipinski definition) is 3. The van der Waals surface area contributed by atoms with Crippen molar-refractivity contribution in [2.75, 3.05) is 13.1 Å². The third-order valence-electron chi connectivity index (χ3n) is 3.61. The van der Waals surface area contributed by atoms with Crippen LogP contribution in [0.25, 0.3) is 0 Å². The van der Waals surface area contributed by atoms with Crippen LogP contribution in [0.15, 0.2) is 24.3 Å². The van der Waals surface area contributed by atoms with Crippen LogP contribution in [0.4, 0.5) is 0 Å². The zero-order chi connectivity index (χ0) is 16.5. The Bertz CT molecular complexity index is 491. The maximum absolute atomic E-state index is 11.7. The van der Waals surface area contributed by atoms with Crippen molar-refractivity contribution in [3.63, 3.8) is 0 Å². The molecule has 5 nitrogen and oxygen atoms in total. The average Bonchev–Trinajstić information content (AvgIpc) is 2.48. The first-order valence-electron chi connectivity index (χ1n) is 7.41. The molecule has 1 aromatic carbocycles. The van der Waals surface area contributed by atoms with Gasteiger partial charge in [0.2, 0.25) is 5.91 Å². The summed E-state index contributed by atoms with van der Waals surface area (Å²) in [6.07, 6.45) is 1.44. The van der Waals surface area contributed by atoms with Crippen molar-refractivity contribution in [2.45, 2.75) is 32.7 Å². The number of carbonyl (C=O) groups excluding carboxylic acids is 1. The quantitative estimate of drug-likeness (QED) is 0.649. The molecule has 0 bridgehead atoms. The molecule has 2 atom stereocenters. The van der Waals surface area contributed by atoms with Gasteiger partial charge in [-0.05, 0) is 30.0 Å². The van der Waals surface area contributed by atoms with Gasteiger partial charge >= 0.3 is 5.97 Å². The summed E-state index contributed by atoms with van der Waals surface area (Å²) in [5, 5.41) is 15.4. The van der Waals surface area contributed by atoms with Gasteiger partial charge in [-0.3, -0.25) is 14.9 Å². The van der Waals surface area contributed by atoms with Gasteiger partial charge in [-0.2, -0.15) is 0 Å². The summed E-state index contributed by atoms with van der Waals surface area (Å²) in [5.41, 5.74) is 1.08. The first-order valence-corrected chi connectivity index (χ1v) is 7.79. The lowest BCUT2D eigenvalue weighted by Crippen LogP contribution is -2.46. The lowest BCUT2D eigenvalue weighted by Gasteiger charge is -2.19. The van der Waals surface area contributed by atoms with E-state index in [1.165, 1.54) is 0 Å². The second kappa shape index (κ2) is 9.43. The number of hydrogen-bond acceptors (Lipinski definition) is 3. The number of rotatable bonds is 9. The zero-order valence-corrected chi connectivity index (χ0v) is 13.7. The highest BCUT2D eigenvalue weighted by molar-refractivity contribution is 6.30. The summed E-state index contributed by atoms with van der Waals surface area (Å²) in [6.45, 7) is 4.28. The number of carboxylic acid groups (broad SMARTS) is 1. The SMILES string of the molecule is CC[C@H](C)[C@H](NCC(=O)NCCc1ccc(Cl)cc1)C(=O)O. The summed E-state index contributed by atoms with van der Waals surface area (Å²) in [4.78, 5) is 22.9. The van der Waals surface area contributed by atoms with E-state index in [1.54, 1.807) is 0 Å². The summed E-state index contributed by atoms with van der Waals surface area (Å²) >= 11 is 5.80. The predicted molar refractivity (Wildman–Crippen MR) is 87.0 cm³/mol. The highest BCUT2D eigenvalue weighted by Gasteiger charge is 2.23. The van der Waals surface area contributed by atoms with Crippen molar-refractivity contribution in [1.82, 2.24) is 10.6 Å². The molecule has 0 fully saturated rings. The van der Waals surface area contributed by atoms with E-state index in [1.807, 2.05) is 38.1 Å². The number of amides is 1. The van der Waals surface area contributed by atoms with E-state index in [4.69, 9.17) is 16.7 Å². The van der Waals surface area contributed by atoms with Crippen LogP contribution < -0.4 is 10.6 Å². The normalized spacial score (nSPS) is 13.4. The van der Waals surface area contributed by atoms with Crippen molar-refractivity contribution >= 4 is 23.5 Å². The van der Waals surface area contributed by atoms with Crippen LogP contribution in [-0.2, 0) is 16.0 Å². The molecule has 0 aliphatic carbocycles. The standard InChI is InChI=1S/C16H23ClN2O3/c1-3-11(2)15(16(21)22)19-10-14(20)18-9-8-12-4-6-13(17)7-5-12/h4-7,11,15,19H,3,8-10H2,1-2H3,(H,18,20)(H,21,22)/t11-,15-/m0/s1. The van der Waals surface area contributed by atoms with Crippen LogP contribution in [0.5, 0.6) is 0 Å². The molecule has 22 heavy (non-hydrogen) atoms. The Morgan fingerprint density at radius 1 is 1.27 bits per heavy atom. The maximum atomic E-state index is 11.7. The molecule has 0 aliphatic rings. The molecule has 1 aromatic rings. The fourth-order valence-electron chi connectivity index (χ4n) is 2.03. The summed E-state index contributed by atoms with van der Waals surface area (Å²) in [6, 6.07) is 6.74. The second-order valence-corrected chi connectivity index (χ2v) is 5.75. The molecule has 0 heterocycles. The van der Waals surface area contributed by atoms with Gasteiger partial charge in [0.25, 0.3) is 0 Å².